The molecular formula is C6H12NO2S. The standard InChI is InChI=1S/C6H12NO2S/c1-2-5-7-10(8,9)6-3-4-6/h6-7H,1-5H2. The number of nitrogens with one attached hydrogen (secondary N) is 1. The first-order chi connectivity index (χ1) is 4.67. The summed E-state index contributed by atoms with van der Waals surface area (Å²) < 4.78 is 24.5. The fourth-order valence-electron chi connectivity index (χ4n) is 0.711. The molecule has 0 spiro atoms. The van der Waals surface area contributed by atoms with Crippen molar-refractivity contribution < 1.29 is 8.42 Å². The van der Waals surface area contributed by atoms with E-state index in [1.54, 1.807) is 0 Å². The van der Waals surface area contributed by atoms with Crippen molar-refractivity contribution in [2.45, 2.75) is 24.5 Å². The first kappa shape index (κ1) is 8.01. The van der Waals surface area contributed by atoms with Gasteiger partial charge in [-0.3, -0.25) is 0 Å². The summed E-state index contributed by atoms with van der Waals surface area (Å²) in [5.41, 5.74) is 0. The Bertz CT molecular complexity index is 194. The Morgan fingerprint density at radius 2 is 2.10 bits per heavy atom. The first-order valence-electron chi connectivity index (χ1n) is 3.44. The van der Waals surface area contributed by atoms with Crippen LogP contribution in [-0.4, -0.2) is 20.2 Å². The lowest BCUT2D eigenvalue weighted by atomic mass is 10.5. The topological polar surface area (TPSA) is 46.2 Å². The quantitative estimate of drug-likeness (QED) is 0.646. The lowest BCUT2D eigenvalue weighted by Gasteiger charge is -2.01. The average Bonchev–Trinajstić information content (AvgIpc) is 2.64. The molecule has 0 amide bonds. The molecule has 0 aromatic heterocycles. The SMILES string of the molecule is [CH2]CCNS(=O)(=O)C1CC1. The van der Waals surface area contributed by atoms with Gasteiger partial charge in [-0.15, -0.1) is 0 Å². The smallest absolute Gasteiger partial charge is 0.214 e. The van der Waals surface area contributed by atoms with E-state index in [-0.39, 0.29) is 5.25 Å². The molecule has 1 saturated carbocycles. The summed E-state index contributed by atoms with van der Waals surface area (Å²) in [4.78, 5) is 0. The van der Waals surface area contributed by atoms with Gasteiger partial charge in [-0.25, -0.2) is 13.1 Å². The van der Waals surface area contributed by atoms with Crippen molar-refractivity contribution in [3.05, 3.63) is 6.92 Å². The molecule has 10 heavy (non-hydrogen) atoms. The normalized spacial score (nSPS) is 19.3. The Morgan fingerprint density at radius 3 is 2.50 bits per heavy atom. The molecule has 1 aliphatic rings. The van der Waals surface area contributed by atoms with Crippen molar-refractivity contribution in [3.8, 4) is 0 Å². The van der Waals surface area contributed by atoms with Crippen LogP contribution >= 0.6 is 0 Å². The largest absolute Gasteiger partial charge is 0.215 e. The first-order valence-corrected chi connectivity index (χ1v) is 4.99. The molecule has 1 rings (SSSR count). The van der Waals surface area contributed by atoms with Gasteiger partial charge < -0.3 is 0 Å². The van der Waals surface area contributed by atoms with Crippen LogP contribution in [0, 0.1) is 6.92 Å². The second kappa shape index (κ2) is 2.88. The Morgan fingerprint density at radius 1 is 1.50 bits per heavy atom. The highest BCUT2D eigenvalue weighted by molar-refractivity contribution is 7.90. The zero-order chi connectivity index (χ0) is 7.61. The lowest BCUT2D eigenvalue weighted by Crippen LogP contribution is -2.27. The van der Waals surface area contributed by atoms with Crippen LogP contribution in [0.3, 0.4) is 0 Å². The maximum absolute atomic E-state index is 11.0. The molecule has 0 aliphatic heterocycles. The van der Waals surface area contributed by atoms with Crippen molar-refractivity contribution >= 4 is 10.0 Å². The molecule has 0 aromatic carbocycles. The van der Waals surface area contributed by atoms with Gasteiger partial charge in [0.05, 0.1) is 5.25 Å². The molecule has 0 atom stereocenters. The molecule has 0 heterocycles. The van der Waals surface area contributed by atoms with Crippen molar-refractivity contribution in [1.29, 1.82) is 0 Å². The molecular weight excluding hydrogens is 150 g/mol. The zero-order valence-electron chi connectivity index (χ0n) is 5.84. The van der Waals surface area contributed by atoms with Gasteiger partial charge >= 0.3 is 0 Å². The van der Waals surface area contributed by atoms with Crippen LogP contribution in [0.25, 0.3) is 0 Å². The summed E-state index contributed by atoms with van der Waals surface area (Å²) in [6, 6.07) is 0. The van der Waals surface area contributed by atoms with Gasteiger partial charge in [0.25, 0.3) is 0 Å². The number of sulfonamides is 1. The summed E-state index contributed by atoms with van der Waals surface area (Å²) in [6.45, 7) is 4.01. The molecule has 1 aliphatic carbocycles. The Hall–Kier alpha value is -0.0900. The van der Waals surface area contributed by atoms with Crippen LogP contribution in [0.15, 0.2) is 0 Å². The highest BCUT2D eigenvalue weighted by Gasteiger charge is 2.34. The molecule has 1 radical (unpaired) electrons. The second-order valence-corrected chi connectivity index (χ2v) is 4.54. The highest BCUT2D eigenvalue weighted by atomic mass is 32.2. The van der Waals surface area contributed by atoms with Gasteiger partial charge in [0.2, 0.25) is 10.0 Å². The van der Waals surface area contributed by atoms with Crippen LogP contribution in [-0.2, 0) is 10.0 Å². The summed E-state index contributed by atoms with van der Waals surface area (Å²) in [7, 11) is -2.94. The Labute approximate surface area is 61.9 Å². The summed E-state index contributed by atoms with van der Waals surface area (Å²) in [5, 5.41) is -0.0981. The van der Waals surface area contributed by atoms with Gasteiger partial charge in [0.1, 0.15) is 0 Å². The third-order valence-electron chi connectivity index (χ3n) is 1.44. The number of hydrogen-bond acceptors (Lipinski definition) is 2. The van der Waals surface area contributed by atoms with E-state index in [4.69, 9.17) is 0 Å². The van der Waals surface area contributed by atoms with Crippen molar-refractivity contribution in [1.82, 2.24) is 4.72 Å². The van der Waals surface area contributed by atoms with Crippen LogP contribution in [0.2, 0.25) is 0 Å². The molecule has 0 unspecified atom stereocenters. The molecule has 0 aromatic rings. The number of hydrogen-bond donors (Lipinski definition) is 1. The van der Waals surface area contributed by atoms with Crippen LogP contribution in [0.4, 0.5) is 0 Å². The number of rotatable bonds is 4. The summed E-state index contributed by atoms with van der Waals surface area (Å²) in [6.07, 6.45) is 2.27. The third kappa shape index (κ3) is 1.95. The van der Waals surface area contributed by atoms with Crippen molar-refractivity contribution in [2.24, 2.45) is 0 Å². The summed E-state index contributed by atoms with van der Waals surface area (Å²) in [5.74, 6) is 0. The van der Waals surface area contributed by atoms with E-state index in [9.17, 15) is 8.42 Å². The fourth-order valence-corrected chi connectivity index (χ4v) is 2.13. The van der Waals surface area contributed by atoms with E-state index in [1.165, 1.54) is 0 Å². The molecule has 1 N–H and O–H groups in total. The van der Waals surface area contributed by atoms with Crippen molar-refractivity contribution in [2.75, 3.05) is 6.54 Å². The predicted octanol–water partition coefficient (Wildman–Crippen LogP) is 0.292. The minimum atomic E-state index is -2.94. The molecule has 3 nitrogen and oxygen atoms in total. The minimum absolute atomic E-state index is 0.0981. The van der Waals surface area contributed by atoms with Crippen LogP contribution < -0.4 is 4.72 Å². The average molecular weight is 162 g/mol. The van der Waals surface area contributed by atoms with Gasteiger partial charge in [0.15, 0.2) is 0 Å². The molecule has 0 saturated heterocycles. The maximum atomic E-state index is 11.0. The maximum Gasteiger partial charge on any atom is 0.214 e. The highest BCUT2D eigenvalue weighted by Crippen LogP contribution is 2.27. The van der Waals surface area contributed by atoms with Crippen LogP contribution in [0.1, 0.15) is 19.3 Å². The zero-order valence-corrected chi connectivity index (χ0v) is 6.65. The van der Waals surface area contributed by atoms with E-state index < -0.39 is 10.0 Å². The van der Waals surface area contributed by atoms with Gasteiger partial charge in [-0.2, -0.15) is 0 Å². The minimum Gasteiger partial charge on any atom is -0.215 e. The van der Waals surface area contributed by atoms with Crippen molar-refractivity contribution in [3.63, 3.8) is 0 Å². The fraction of sp³-hybridized carbons (Fsp3) is 0.833. The van der Waals surface area contributed by atoms with E-state index >= 15 is 0 Å². The molecule has 59 valence electrons. The van der Waals surface area contributed by atoms with Gasteiger partial charge in [-0.05, 0) is 19.3 Å². The lowest BCUT2D eigenvalue weighted by molar-refractivity contribution is 0.580. The third-order valence-corrected chi connectivity index (χ3v) is 3.40. The van der Waals surface area contributed by atoms with Crippen LogP contribution in [0.5, 0.6) is 0 Å². The van der Waals surface area contributed by atoms with Gasteiger partial charge in [0, 0.05) is 6.54 Å². The van der Waals surface area contributed by atoms with E-state index in [2.05, 4.69) is 11.6 Å². The predicted molar refractivity (Wildman–Crippen MR) is 39.9 cm³/mol. The second-order valence-electron chi connectivity index (χ2n) is 2.49. The molecule has 0 bridgehead atoms. The monoisotopic (exact) mass is 162 g/mol. The Kier molecular flexibility index (Phi) is 2.31. The molecule has 1 fully saturated rings. The van der Waals surface area contributed by atoms with Gasteiger partial charge in [-0.1, -0.05) is 6.92 Å². The molecule has 4 heteroatoms. The Balaban J connectivity index is 2.36. The van der Waals surface area contributed by atoms with E-state index in [0.717, 1.165) is 12.8 Å². The van der Waals surface area contributed by atoms with E-state index in [1.807, 2.05) is 0 Å². The summed E-state index contributed by atoms with van der Waals surface area (Å²) >= 11 is 0. The van der Waals surface area contributed by atoms with E-state index in [0.29, 0.717) is 13.0 Å².